The van der Waals surface area contributed by atoms with Gasteiger partial charge in [-0.15, -0.1) is 5.10 Å². The number of carbonyl (C=O) groups excluding carboxylic acids is 1. The van der Waals surface area contributed by atoms with Gasteiger partial charge in [0.05, 0.1) is 7.11 Å². The second-order valence-corrected chi connectivity index (χ2v) is 4.87. The second-order valence-electron chi connectivity index (χ2n) is 4.87. The normalized spacial score (nSPS) is 10.4. The summed E-state index contributed by atoms with van der Waals surface area (Å²) in [7, 11) is 3.37. The van der Waals surface area contributed by atoms with E-state index in [0.717, 1.165) is 30.0 Å². The van der Waals surface area contributed by atoms with Crippen molar-refractivity contribution in [1.29, 1.82) is 0 Å². The maximum absolute atomic E-state index is 12.2. The first-order chi connectivity index (χ1) is 10.1. The molecule has 0 aliphatic rings. The molecule has 2 aromatic rings. The summed E-state index contributed by atoms with van der Waals surface area (Å²) >= 11 is 0. The molecule has 1 amide bonds. The van der Waals surface area contributed by atoms with Crippen LogP contribution in [0.15, 0.2) is 24.3 Å². The topological polar surface area (TPSA) is 71.1 Å². The molecule has 6 nitrogen and oxygen atoms in total. The molecule has 112 valence electrons. The third kappa shape index (κ3) is 3.81. The molecule has 0 saturated carbocycles. The number of rotatable bonds is 6. The van der Waals surface area contributed by atoms with Crippen LogP contribution >= 0.6 is 0 Å². The molecule has 6 heteroatoms. The molecule has 0 bridgehead atoms. The number of methoxy groups -OCH3 is 1. The Morgan fingerprint density at radius 2 is 2.05 bits per heavy atom. The summed E-state index contributed by atoms with van der Waals surface area (Å²) in [6, 6.07) is 7.62. The number of ether oxygens (including phenoxy) is 1. The van der Waals surface area contributed by atoms with Crippen molar-refractivity contribution in [3.63, 3.8) is 0 Å². The zero-order valence-electron chi connectivity index (χ0n) is 12.6. The summed E-state index contributed by atoms with van der Waals surface area (Å²) < 4.78 is 5.11. The number of amides is 1. The highest BCUT2D eigenvalue weighted by Gasteiger charge is 2.17. The van der Waals surface area contributed by atoms with Crippen molar-refractivity contribution >= 4 is 5.91 Å². The van der Waals surface area contributed by atoms with Crippen LogP contribution in [-0.4, -0.2) is 40.1 Å². The molecule has 0 aliphatic heterocycles. The summed E-state index contributed by atoms with van der Waals surface area (Å²) in [5.41, 5.74) is 1.02. The van der Waals surface area contributed by atoms with Gasteiger partial charge in [-0.05, 0) is 24.1 Å². The van der Waals surface area contributed by atoms with E-state index in [2.05, 4.69) is 22.1 Å². The Balaban J connectivity index is 2.00. The number of aromatic nitrogens is 3. The summed E-state index contributed by atoms with van der Waals surface area (Å²) in [4.78, 5) is 18.1. The molecule has 21 heavy (non-hydrogen) atoms. The highest BCUT2D eigenvalue weighted by molar-refractivity contribution is 5.90. The van der Waals surface area contributed by atoms with Gasteiger partial charge in [0, 0.05) is 20.0 Å². The van der Waals surface area contributed by atoms with Crippen molar-refractivity contribution in [3.8, 4) is 5.75 Å². The average molecular weight is 288 g/mol. The molecule has 1 aromatic carbocycles. The minimum atomic E-state index is -0.190. The fourth-order valence-electron chi connectivity index (χ4n) is 1.99. The highest BCUT2D eigenvalue weighted by Crippen LogP contribution is 2.13. The number of aryl methyl sites for hydroxylation is 1. The van der Waals surface area contributed by atoms with Crippen LogP contribution in [0, 0.1) is 0 Å². The first-order valence-corrected chi connectivity index (χ1v) is 6.93. The van der Waals surface area contributed by atoms with E-state index in [9.17, 15) is 4.79 Å². The Hall–Kier alpha value is -2.37. The first-order valence-electron chi connectivity index (χ1n) is 6.93. The van der Waals surface area contributed by atoms with Crippen molar-refractivity contribution in [2.24, 2.45) is 0 Å². The molecule has 0 radical (unpaired) electrons. The second kappa shape index (κ2) is 6.88. The van der Waals surface area contributed by atoms with Gasteiger partial charge in [-0.3, -0.25) is 9.89 Å². The molecule has 0 aliphatic carbocycles. The lowest BCUT2D eigenvalue weighted by atomic mass is 10.2. The first kappa shape index (κ1) is 15.0. The van der Waals surface area contributed by atoms with Crippen molar-refractivity contribution in [1.82, 2.24) is 20.1 Å². The van der Waals surface area contributed by atoms with E-state index in [4.69, 9.17) is 4.74 Å². The predicted molar refractivity (Wildman–Crippen MR) is 79.2 cm³/mol. The molecule has 1 heterocycles. The maximum Gasteiger partial charge on any atom is 0.293 e. The maximum atomic E-state index is 12.2. The summed E-state index contributed by atoms with van der Waals surface area (Å²) in [5.74, 6) is 1.57. The van der Waals surface area contributed by atoms with Crippen LogP contribution in [0.25, 0.3) is 0 Å². The SMILES string of the molecule is CCCc1nc(C(=O)N(C)Cc2ccc(OC)cc2)n[nH]1. The lowest BCUT2D eigenvalue weighted by molar-refractivity contribution is 0.0773. The summed E-state index contributed by atoms with van der Waals surface area (Å²) in [6.45, 7) is 2.56. The molecule has 0 saturated heterocycles. The zero-order valence-corrected chi connectivity index (χ0v) is 12.6. The van der Waals surface area contributed by atoms with Gasteiger partial charge in [0.1, 0.15) is 11.6 Å². The van der Waals surface area contributed by atoms with Crippen LogP contribution in [0.1, 0.15) is 35.4 Å². The molecular formula is C15H20N4O2. The minimum Gasteiger partial charge on any atom is -0.497 e. The average Bonchev–Trinajstić information content (AvgIpc) is 2.96. The van der Waals surface area contributed by atoms with Gasteiger partial charge >= 0.3 is 0 Å². The number of benzene rings is 1. The van der Waals surface area contributed by atoms with E-state index in [-0.39, 0.29) is 11.7 Å². The molecule has 0 spiro atoms. The van der Waals surface area contributed by atoms with Crippen LogP contribution in [0.4, 0.5) is 0 Å². The van der Waals surface area contributed by atoms with E-state index in [1.54, 1.807) is 19.1 Å². The van der Waals surface area contributed by atoms with Crippen molar-refractivity contribution in [3.05, 3.63) is 41.5 Å². The minimum absolute atomic E-state index is 0.190. The Morgan fingerprint density at radius 1 is 1.33 bits per heavy atom. The highest BCUT2D eigenvalue weighted by atomic mass is 16.5. The lowest BCUT2D eigenvalue weighted by Gasteiger charge is -2.15. The fourth-order valence-corrected chi connectivity index (χ4v) is 1.99. The number of hydrogen-bond donors (Lipinski definition) is 1. The van der Waals surface area contributed by atoms with E-state index in [1.165, 1.54) is 0 Å². The van der Waals surface area contributed by atoms with Crippen LogP contribution in [-0.2, 0) is 13.0 Å². The molecule has 0 unspecified atom stereocenters. The van der Waals surface area contributed by atoms with E-state index < -0.39 is 0 Å². The predicted octanol–water partition coefficient (Wildman–Crippen LogP) is 2.04. The van der Waals surface area contributed by atoms with Gasteiger partial charge in [0.25, 0.3) is 5.91 Å². The van der Waals surface area contributed by atoms with Gasteiger partial charge in [0.2, 0.25) is 5.82 Å². The van der Waals surface area contributed by atoms with Gasteiger partial charge < -0.3 is 9.64 Å². The van der Waals surface area contributed by atoms with E-state index >= 15 is 0 Å². The van der Waals surface area contributed by atoms with Crippen molar-refractivity contribution in [2.75, 3.05) is 14.2 Å². The number of carbonyl (C=O) groups is 1. The van der Waals surface area contributed by atoms with Crippen LogP contribution < -0.4 is 4.74 Å². The smallest absolute Gasteiger partial charge is 0.293 e. The third-order valence-corrected chi connectivity index (χ3v) is 3.14. The zero-order chi connectivity index (χ0) is 15.2. The number of nitrogens with zero attached hydrogens (tertiary/aromatic N) is 3. The van der Waals surface area contributed by atoms with Gasteiger partial charge in [-0.25, -0.2) is 4.98 Å². The van der Waals surface area contributed by atoms with Crippen LogP contribution in [0.3, 0.4) is 0 Å². The van der Waals surface area contributed by atoms with Gasteiger partial charge in [-0.1, -0.05) is 19.1 Å². The Bertz CT molecular complexity index is 592. The number of hydrogen-bond acceptors (Lipinski definition) is 4. The third-order valence-electron chi connectivity index (χ3n) is 3.14. The quantitative estimate of drug-likeness (QED) is 0.883. The molecule has 1 aromatic heterocycles. The Labute approximate surface area is 124 Å². The molecule has 0 fully saturated rings. The lowest BCUT2D eigenvalue weighted by Crippen LogP contribution is -2.27. The molecule has 1 N–H and O–H groups in total. The molecular weight excluding hydrogens is 268 g/mol. The number of aromatic amines is 1. The van der Waals surface area contributed by atoms with Crippen molar-refractivity contribution < 1.29 is 9.53 Å². The largest absolute Gasteiger partial charge is 0.497 e. The van der Waals surface area contributed by atoms with Gasteiger partial charge in [0.15, 0.2) is 0 Å². The van der Waals surface area contributed by atoms with Crippen molar-refractivity contribution in [2.45, 2.75) is 26.3 Å². The summed E-state index contributed by atoms with van der Waals surface area (Å²) in [5, 5.41) is 6.77. The Morgan fingerprint density at radius 3 is 2.67 bits per heavy atom. The molecule has 2 rings (SSSR count). The van der Waals surface area contributed by atoms with E-state index in [1.807, 2.05) is 24.3 Å². The van der Waals surface area contributed by atoms with Gasteiger partial charge in [-0.2, -0.15) is 0 Å². The fraction of sp³-hybridized carbons (Fsp3) is 0.400. The Kier molecular flexibility index (Phi) is 4.92. The standard InChI is InChI=1S/C15H20N4O2/c1-4-5-13-16-14(18-17-13)15(20)19(2)10-11-6-8-12(21-3)9-7-11/h6-9H,4-5,10H2,1-3H3,(H,16,17,18). The number of H-pyrrole nitrogens is 1. The van der Waals surface area contributed by atoms with Crippen LogP contribution in [0.5, 0.6) is 5.75 Å². The van der Waals surface area contributed by atoms with E-state index in [0.29, 0.717) is 6.54 Å². The summed E-state index contributed by atoms with van der Waals surface area (Å²) in [6.07, 6.45) is 1.76. The number of nitrogens with one attached hydrogen (secondary N) is 1. The molecule has 0 atom stereocenters. The monoisotopic (exact) mass is 288 g/mol. The van der Waals surface area contributed by atoms with Crippen LogP contribution in [0.2, 0.25) is 0 Å².